The smallest absolute Gasteiger partial charge is 0.265 e. The SMILES string of the molecule is Cc1ccc2oc(Cc3ccc(NC(=O)C(C)Oc4ccc(Cl)cc4Cl)cc3)nc2c1. The van der Waals surface area contributed by atoms with E-state index in [4.69, 9.17) is 32.4 Å². The predicted molar refractivity (Wildman–Crippen MR) is 123 cm³/mol. The molecule has 0 aliphatic carbocycles. The first-order chi connectivity index (χ1) is 14.9. The highest BCUT2D eigenvalue weighted by Crippen LogP contribution is 2.28. The summed E-state index contributed by atoms with van der Waals surface area (Å²) in [5.41, 5.74) is 4.47. The molecule has 1 heterocycles. The molecule has 1 unspecified atom stereocenters. The fraction of sp³-hybridized carbons (Fsp3) is 0.167. The van der Waals surface area contributed by atoms with Crippen molar-refractivity contribution in [1.29, 1.82) is 0 Å². The van der Waals surface area contributed by atoms with Crippen molar-refractivity contribution in [2.75, 3.05) is 5.32 Å². The Hall–Kier alpha value is -3.02. The van der Waals surface area contributed by atoms with E-state index in [0.717, 1.165) is 22.2 Å². The molecule has 0 spiro atoms. The molecule has 0 bridgehead atoms. The number of amides is 1. The second-order valence-electron chi connectivity index (χ2n) is 7.28. The summed E-state index contributed by atoms with van der Waals surface area (Å²) in [6, 6.07) is 18.3. The number of carbonyl (C=O) groups is 1. The summed E-state index contributed by atoms with van der Waals surface area (Å²) in [7, 11) is 0. The molecule has 1 amide bonds. The third-order valence-corrected chi connectivity index (χ3v) is 5.26. The van der Waals surface area contributed by atoms with E-state index in [-0.39, 0.29) is 5.91 Å². The maximum atomic E-state index is 12.5. The predicted octanol–water partition coefficient (Wildman–Crippen LogP) is 6.44. The summed E-state index contributed by atoms with van der Waals surface area (Å²) in [6.07, 6.45) is -0.169. The number of carbonyl (C=O) groups excluding carboxylic acids is 1. The Balaban J connectivity index is 1.37. The highest BCUT2D eigenvalue weighted by Gasteiger charge is 2.16. The highest BCUT2D eigenvalue weighted by atomic mass is 35.5. The molecule has 0 saturated carbocycles. The molecule has 1 atom stereocenters. The molecule has 0 fully saturated rings. The molecule has 3 aromatic carbocycles. The minimum absolute atomic E-state index is 0.284. The van der Waals surface area contributed by atoms with Gasteiger partial charge in [-0.2, -0.15) is 0 Å². The van der Waals surface area contributed by atoms with Gasteiger partial charge in [-0.15, -0.1) is 0 Å². The van der Waals surface area contributed by atoms with E-state index < -0.39 is 6.10 Å². The van der Waals surface area contributed by atoms with Gasteiger partial charge in [-0.05, 0) is 67.4 Å². The molecule has 4 rings (SSSR count). The lowest BCUT2D eigenvalue weighted by atomic mass is 10.1. The van der Waals surface area contributed by atoms with Gasteiger partial charge in [0.1, 0.15) is 11.3 Å². The van der Waals surface area contributed by atoms with Gasteiger partial charge in [-0.25, -0.2) is 4.98 Å². The van der Waals surface area contributed by atoms with Crippen molar-refractivity contribution >= 4 is 45.9 Å². The number of nitrogens with zero attached hydrogens (tertiary/aromatic N) is 1. The zero-order chi connectivity index (χ0) is 22.0. The number of aromatic nitrogens is 1. The number of hydrogen-bond donors (Lipinski definition) is 1. The Bertz CT molecular complexity index is 1240. The van der Waals surface area contributed by atoms with Crippen LogP contribution in [0.3, 0.4) is 0 Å². The lowest BCUT2D eigenvalue weighted by Crippen LogP contribution is -2.30. The quantitative estimate of drug-likeness (QED) is 0.364. The second kappa shape index (κ2) is 9.00. The summed E-state index contributed by atoms with van der Waals surface area (Å²) in [5.74, 6) is 0.768. The number of benzene rings is 3. The summed E-state index contributed by atoms with van der Waals surface area (Å²) in [6.45, 7) is 3.68. The van der Waals surface area contributed by atoms with Crippen LogP contribution in [-0.4, -0.2) is 17.0 Å². The van der Waals surface area contributed by atoms with E-state index in [0.29, 0.717) is 33.8 Å². The summed E-state index contributed by atoms with van der Waals surface area (Å²) >= 11 is 12.0. The minimum atomic E-state index is -0.735. The van der Waals surface area contributed by atoms with Crippen LogP contribution in [0.25, 0.3) is 11.1 Å². The first-order valence-electron chi connectivity index (χ1n) is 9.75. The van der Waals surface area contributed by atoms with Gasteiger partial charge in [0.05, 0.1) is 5.02 Å². The number of hydrogen-bond acceptors (Lipinski definition) is 4. The molecular weight excluding hydrogens is 435 g/mol. The topological polar surface area (TPSA) is 64.4 Å². The zero-order valence-corrected chi connectivity index (χ0v) is 18.5. The van der Waals surface area contributed by atoms with Crippen LogP contribution < -0.4 is 10.1 Å². The second-order valence-corrected chi connectivity index (χ2v) is 8.12. The van der Waals surface area contributed by atoms with E-state index in [2.05, 4.69) is 10.3 Å². The summed E-state index contributed by atoms with van der Waals surface area (Å²) < 4.78 is 11.5. The standard InChI is InChI=1S/C24H20Cl2N2O3/c1-14-3-9-22-20(11-14)28-23(31-22)12-16-4-7-18(8-5-16)27-24(29)15(2)30-21-10-6-17(25)13-19(21)26/h3-11,13,15H,12H2,1-2H3,(H,27,29). The van der Waals surface area contributed by atoms with Gasteiger partial charge in [0.2, 0.25) is 0 Å². The molecule has 0 radical (unpaired) electrons. The molecule has 0 aliphatic rings. The van der Waals surface area contributed by atoms with Crippen LogP contribution in [-0.2, 0) is 11.2 Å². The Labute approximate surface area is 189 Å². The van der Waals surface area contributed by atoms with Gasteiger partial charge in [-0.1, -0.05) is 41.4 Å². The highest BCUT2D eigenvalue weighted by molar-refractivity contribution is 6.35. The fourth-order valence-corrected chi connectivity index (χ4v) is 3.55. The van der Waals surface area contributed by atoms with Crippen molar-refractivity contribution in [1.82, 2.24) is 4.98 Å². The van der Waals surface area contributed by atoms with Gasteiger partial charge in [0.15, 0.2) is 17.6 Å². The molecule has 5 nitrogen and oxygen atoms in total. The maximum Gasteiger partial charge on any atom is 0.265 e. The first kappa shape index (κ1) is 21.2. The number of ether oxygens (including phenoxy) is 1. The summed E-state index contributed by atoms with van der Waals surface area (Å²) in [5, 5.41) is 3.69. The molecule has 0 saturated heterocycles. The van der Waals surface area contributed by atoms with Crippen LogP contribution in [0.15, 0.2) is 65.1 Å². The van der Waals surface area contributed by atoms with E-state index in [9.17, 15) is 4.79 Å². The van der Waals surface area contributed by atoms with Crippen molar-refractivity contribution in [3.05, 3.63) is 87.7 Å². The van der Waals surface area contributed by atoms with E-state index >= 15 is 0 Å². The van der Waals surface area contributed by atoms with Crippen LogP contribution in [0.2, 0.25) is 10.0 Å². The van der Waals surface area contributed by atoms with Gasteiger partial charge < -0.3 is 14.5 Å². The Morgan fingerprint density at radius 2 is 1.87 bits per heavy atom. The number of oxazole rings is 1. The molecule has 4 aromatic rings. The Morgan fingerprint density at radius 3 is 2.61 bits per heavy atom. The van der Waals surface area contributed by atoms with Gasteiger partial charge >= 0.3 is 0 Å². The fourth-order valence-electron chi connectivity index (χ4n) is 3.10. The van der Waals surface area contributed by atoms with Crippen molar-refractivity contribution in [3.63, 3.8) is 0 Å². The number of aryl methyl sites for hydroxylation is 1. The largest absolute Gasteiger partial charge is 0.479 e. The molecule has 7 heteroatoms. The van der Waals surface area contributed by atoms with Crippen molar-refractivity contribution in [2.45, 2.75) is 26.4 Å². The van der Waals surface area contributed by atoms with Crippen LogP contribution in [0.5, 0.6) is 5.75 Å². The molecule has 158 valence electrons. The number of halogens is 2. The van der Waals surface area contributed by atoms with Crippen molar-refractivity contribution < 1.29 is 13.9 Å². The van der Waals surface area contributed by atoms with Gasteiger partial charge in [0.25, 0.3) is 5.91 Å². The molecule has 31 heavy (non-hydrogen) atoms. The third kappa shape index (κ3) is 5.19. The monoisotopic (exact) mass is 454 g/mol. The van der Waals surface area contributed by atoms with Crippen LogP contribution in [0, 0.1) is 6.92 Å². The molecular formula is C24H20Cl2N2O3. The maximum absolute atomic E-state index is 12.5. The molecule has 1 N–H and O–H groups in total. The Kier molecular flexibility index (Phi) is 6.16. The molecule has 1 aromatic heterocycles. The number of nitrogens with one attached hydrogen (secondary N) is 1. The van der Waals surface area contributed by atoms with E-state index in [1.54, 1.807) is 25.1 Å². The molecule has 0 aliphatic heterocycles. The van der Waals surface area contributed by atoms with Crippen molar-refractivity contribution in [3.8, 4) is 5.75 Å². The summed E-state index contributed by atoms with van der Waals surface area (Å²) in [4.78, 5) is 17.0. The first-order valence-corrected chi connectivity index (χ1v) is 10.5. The van der Waals surface area contributed by atoms with Gasteiger partial charge in [0, 0.05) is 17.1 Å². The average molecular weight is 455 g/mol. The Morgan fingerprint density at radius 1 is 1.10 bits per heavy atom. The lowest BCUT2D eigenvalue weighted by molar-refractivity contribution is -0.122. The number of anilines is 1. The van der Waals surface area contributed by atoms with Crippen LogP contribution in [0.1, 0.15) is 23.9 Å². The van der Waals surface area contributed by atoms with E-state index in [1.165, 1.54) is 0 Å². The zero-order valence-electron chi connectivity index (χ0n) is 17.0. The number of fused-ring (bicyclic) bond motifs is 1. The van der Waals surface area contributed by atoms with Gasteiger partial charge in [-0.3, -0.25) is 4.79 Å². The van der Waals surface area contributed by atoms with Crippen LogP contribution in [0.4, 0.5) is 5.69 Å². The third-order valence-electron chi connectivity index (χ3n) is 4.73. The lowest BCUT2D eigenvalue weighted by Gasteiger charge is -2.16. The number of rotatable bonds is 6. The van der Waals surface area contributed by atoms with Crippen molar-refractivity contribution in [2.24, 2.45) is 0 Å². The normalized spacial score (nSPS) is 12.0. The van der Waals surface area contributed by atoms with Crippen LogP contribution >= 0.6 is 23.2 Å². The van der Waals surface area contributed by atoms with E-state index in [1.807, 2.05) is 49.4 Å². The minimum Gasteiger partial charge on any atom is -0.479 e. The average Bonchev–Trinajstić information content (AvgIpc) is 3.12.